The molecule has 1 atom stereocenters. The lowest BCUT2D eigenvalue weighted by atomic mass is 10.1. The molecule has 1 aromatic carbocycles. The van der Waals surface area contributed by atoms with Gasteiger partial charge in [0.15, 0.2) is 0 Å². The van der Waals surface area contributed by atoms with E-state index in [1.807, 2.05) is 6.07 Å². The zero-order chi connectivity index (χ0) is 12.8. The Kier molecular flexibility index (Phi) is 5.19. The summed E-state index contributed by atoms with van der Waals surface area (Å²) in [5.74, 6) is 0.778. The van der Waals surface area contributed by atoms with E-state index in [4.69, 9.17) is 0 Å². The third-order valence-corrected chi connectivity index (χ3v) is 2.30. The lowest BCUT2D eigenvalue weighted by Gasteiger charge is -2.17. The highest BCUT2D eigenvalue weighted by molar-refractivity contribution is 5.48. The summed E-state index contributed by atoms with van der Waals surface area (Å²) < 4.78 is 28.4. The fourth-order valence-corrected chi connectivity index (χ4v) is 1.81. The Balaban J connectivity index is 2.59. The quantitative estimate of drug-likeness (QED) is 0.811. The van der Waals surface area contributed by atoms with Crippen molar-refractivity contribution in [3.05, 3.63) is 24.3 Å². The van der Waals surface area contributed by atoms with Crippen molar-refractivity contribution in [1.29, 1.82) is 0 Å². The van der Waals surface area contributed by atoms with Gasteiger partial charge in [-0.25, -0.2) is 0 Å². The van der Waals surface area contributed by atoms with Crippen molar-refractivity contribution < 1.29 is 13.5 Å². The zero-order valence-electron chi connectivity index (χ0n) is 10.4. The average molecular weight is 243 g/mol. The van der Waals surface area contributed by atoms with Gasteiger partial charge in [0.05, 0.1) is 0 Å². The zero-order valence-corrected chi connectivity index (χ0v) is 10.4. The molecule has 2 nitrogen and oxygen atoms in total. The maximum Gasteiger partial charge on any atom is 0.387 e. The summed E-state index contributed by atoms with van der Waals surface area (Å²) in [6.45, 7) is 3.59. The molecule has 0 aromatic heterocycles. The summed E-state index contributed by atoms with van der Waals surface area (Å²) in [4.78, 5) is 0. The number of rotatable bonds is 6. The molecule has 0 bridgehead atoms. The maximum absolute atomic E-state index is 12.0. The summed E-state index contributed by atoms with van der Waals surface area (Å²) in [6.07, 6.45) is 1.03. The molecule has 1 rings (SSSR count). The van der Waals surface area contributed by atoms with E-state index < -0.39 is 6.61 Å². The molecular weight excluding hydrogens is 224 g/mol. The fraction of sp³-hybridized carbons (Fsp3) is 0.538. The monoisotopic (exact) mass is 243 g/mol. The van der Waals surface area contributed by atoms with Crippen LogP contribution in [0.4, 0.5) is 14.5 Å². The first-order valence-corrected chi connectivity index (χ1v) is 5.78. The minimum Gasteiger partial charge on any atom is -0.435 e. The van der Waals surface area contributed by atoms with Gasteiger partial charge < -0.3 is 10.1 Å². The second-order valence-electron chi connectivity index (χ2n) is 4.58. The van der Waals surface area contributed by atoms with E-state index in [0.29, 0.717) is 12.0 Å². The van der Waals surface area contributed by atoms with Gasteiger partial charge in [0.2, 0.25) is 0 Å². The van der Waals surface area contributed by atoms with Crippen LogP contribution >= 0.6 is 0 Å². The number of benzene rings is 1. The number of ether oxygens (including phenoxy) is 1. The minimum absolute atomic E-state index is 0.182. The van der Waals surface area contributed by atoms with Crippen molar-refractivity contribution in [2.45, 2.75) is 39.8 Å². The fourth-order valence-electron chi connectivity index (χ4n) is 1.81. The summed E-state index contributed by atoms with van der Waals surface area (Å²) in [5, 5.41) is 3.26. The summed E-state index contributed by atoms with van der Waals surface area (Å²) in [7, 11) is 0. The highest BCUT2D eigenvalue weighted by atomic mass is 19.3. The van der Waals surface area contributed by atoms with Crippen LogP contribution in [0.2, 0.25) is 0 Å². The minimum atomic E-state index is -2.78. The van der Waals surface area contributed by atoms with Crippen molar-refractivity contribution >= 4 is 5.69 Å². The Hall–Kier alpha value is -1.32. The van der Waals surface area contributed by atoms with Gasteiger partial charge in [0.25, 0.3) is 0 Å². The van der Waals surface area contributed by atoms with Gasteiger partial charge in [0, 0.05) is 17.8 Å². The van der Waals surface area contributed by atoms with Crippen LogP contribution in [0, 0.1) is 5.92 Å². The van der Waals surface area contributed by atoms with E-state index in [1.165, 1.54) is 6.07 Å². The van der Waals surface area contributed by atoms with E-state index in [9.17, 15) is 8.78 Å². The van der Waals surface area contributed by atoms with Gasteiger partial charge in [-0.05, 0) is 31.4 Å². The molecule has 0 saturated carbocycles. The van der Waals surface area contributed by atoms with Crippen molar-refractivity contribution in [3.63, 3.8) is 0 Å². The maximum atomic E-state index is 12.0. The second kappa shape index (κ2) is 6.42. The highest BCUT2D eigenvalue weighted by Crippen LogP contribution is 2.20. The second-order valence-corrected chi connectivity index (χ2v) is 4.58. The third kappa shape index (κ3) is 5.52. The van der Waals surface area contributed by atoms with Crippen molar-refractivity contribution in [2.24, 2.45) is 5.92 Å². The highest BCUT2D eigenvalue weighted by Gasteiger charge is 2.07. The van der Waals surface area contributed by atoms with E-state index in [1.54, 1.807) is 12.1 Å². The molecule has 17 heavy (non-hydrogen) atoms. The van der Waals surface area contributed by atoms with Crippen LogP contribution in [-0.4, -0.2) is 12.7 Å². The van der Waals surface area contributed by atoms with Crippen LogP contribution in [0.1, 0.15) is 27.2 Å². The van der Waals surface area contributed by atoms with Crippen molar-refractivity contribution in [2.75, 3.05) is 5.32 Å². The first-order valence-electron chi connectivity index (χ1n) is 5.78. The largest absolute Gasteiger partial charge is 0.435 e. The Morgan fingerprint density at radius 3 is 2.53 bits per heavy atom. The molecule has 4 heteroatoms. The molecule has 0 amide bonds. The number of hydrogen-bond donors (Lipinski definition) is 1. The topological polar surface area (TPSA) is 21.3 Å². The summed E-state index contributed by atoms with van der Waals surface area (Å²) in [5.41, 5.74) is 0.802. The van der Waals surface area contributed by atoms with Crippen LogP contribution in [0.15, 0.2) is 24.3 Å². The molecule has 0 aliphatic rings. The molecule has 0 aliphatic heterocycles. The number of alkyl halides is 2. The standard InChI is InChI=1S/C13H19F2NO/c1-9(2)7-10(3)16-11-5-4-6-12(8-11)17-13(14)15/h4-6,8-10,13,16H,7H2,1-3H3. The number of nitrogens with one attached hydrogen (secondary N) is 1. The summed E-state index contributed by atoms with van der Waals surface area (Å²) in [6, 6.07) is 6.95. The number of anilines is 1. The number of hydrogen-bond acceptors (Lipinski definition) is 2. The Labute approximate surface area is 101 Å². The van der Waals surface area contributed by atoms with Crippen molar-refractivity contribution in [3.8, 4) is 5.75 Å². The van der Waals surface area contributed by atoms with Crippen LogP contribution in [0.25, 0.3) is 0 Å². The van der Waals surface area contributed by atoms with E-state index in [-0.39, 0.29) is 5.75 Å². The molecule has 0 fully saturated rings. The summed E-state index contributed by atoms with van der Waals surface area (Å²) >= 11 is 0. The molecule has 0 heterocycles. The van der Waals surface area contributed by atoms with Gasteiger partial charge in [-0.3, -0.25) is 0 Å². The molecule has 1 unspecified atom stereocenters. The molecule has 1 aromatic rings. The first-order chi connectivity index (χ1) is 7.97. The lowest BCUT2D eigenvalue weighted by Crippen LogP contribution is -2.17. The van der Waals surface area contributed by atoms with Gasteiger partial charge >= 0.3 is 6.61 Å². The van der Waals surface area contributed by atoms with Crippen LogP contribution in [0.3, 0.4) is 0 Å². The molecule has 0 aliphatic carbocycles. The normalized spacial score (nSPS) is 12.9. The van der Waals surface area contributed by atoms with Crippen LogP contribution in [0.5, 0.6) is 5.75 Å². The molecule has 0 saturated heterocycles. The van der Waals surface area contributed by atoms with Gasteiger partial charge in [-0.2, -0.15) is 8.78 Å². The molecule has 1 N–H and O–H groups in total. The average Bonchev–Trinajstić information content (AvgIpc) is 2.14. The van der Waals surface area contributed by atoms with E-state index >= 15 is 0 Å². The Morgan fingerprint density at radius 2 is 1.94 bits per heavy atom. The van der Waals surface area contributed by atoms with Gasteiger partial charge in [-0.15, -0.1) is 0 Å². The SMILES string of the molecule is CC(C)CC(C)Nc1cccc(OC(F)F)c1. The predicted molar refractivity (Wildman–Crippen MR) is 65.6 cm³/mol. The Morgan fingerprint density at radius 1 is 1.24 bits per heavy atom. The van der Waals surface area contributed by atoms with E-state index in [2.05, 4.69) is 30.8 Å². The predicted octanol–water partition coefficient (Wildman–Crippen LogP) is 4.13. The third-order valence-electron chi connectivity index (χ3n) is 2.30. The van der Waals surface area contributed by atoms with Gasteiger partial charge in [0.1, 0.15) is 5.75 Å². The van der Waals surface area contributed by atoms with E-state index in [0.717, 1.165) is 12.1 Å². The first kappa shape index (κ1) is 13.7. The smallest absolute Gasteiger partial charge is 0.387 e. The van der Waals surface area contributed by atoms with Crippen LogP contribution < -0.4 is 10.1 Å². The molecule has 96 valence electrons. The lowest BCUT2D eigenvalue weighted by molar-refractivity contribution is -0.0498. The van der Waals surface area contributed by atoms with Crippen molar-refractivity contribution in [1.82, 2.24) is 0 Å². The Bertz CT molecular complexity index is 342. The molecular formula is C13H19F2NO. The molecule has 0 radical (unpaired) electrons. The van der Waals surface area contributed by atoms with Gasteiger partial charge in [-0.1, -0.05) is 19.9 Å². The number of halogens is 2. The van der Waals surface area contributed by atoms with Crippen LogP contribution in [-0.2, 0) is 0 Å². The molecule has 0 spiro atoms.